The molecule has 0 aliphatic heterocycles. The van der Waals surface area contributed by atoms with Gasteiger partial charge in [-0.05, 0) is 36.4 Å². The van der Waals surface area contributed by atoms with Gasteiger partial charge in [-0.2, -0.15) is 0 Å². The second-order valence-electron chi connectivity index (χ2n) is 5.72. The fourth-order valence-electron chi connectivity index (χ4n) is 2.37. The molecule has 0 fully saturated rings. The second kappa shape index (κ2) is 8.25. The van der Waals surface area contributed by atoms with Crippen molar-refractivity contribution in [3.63, 3.8) is 0 Å². The number of aromatic nitrogens is 1. The zero-order valence-electron chi connectivity index (χ0n) is 14.6. The van der Waals surface area contributed by atoms with E-state index >= 15 is 0 Å². The standard InChI is InChI=1S/C18H13ClN4O5S/c19-13-8-9-17(20-11-13)22-29(27,28)14-5-3-4-12(10-14)18(24)21-15-6-1-2-7-16(15)23(25)26/h1-11H,(H,20,22)(H,21,24). The van der Waals surface area contributed by atoms with E-state index in [0.717, 1.165) is 6.07 Å². The lowest BCUT2D eigenvalue weighted by molar-refractivity contribution is -0.383. The Morgan fingerprint density at radius 2 is 1.83 bits per heavy atom. The van der Waals surface area contributed by atoms with E-state index in [-0.39, 0.29) is 27.7 Å². The maximum absolute atomic E-state index is 12.6. The number of nitro benzene ring substituents is 1. The van der Waals surface area contributed by atoms with Gasteiger partial charge in [0.2, 0.25) is 0 Å². The third-order valence-electron chi connectivity index (χ3n) is 3.72. The highest BCUT2D eigenvalue weighted by atomic mass is 35.5. The van der Waals surface area contributed by atoms with Crippen molar-refractivity contribution in [2.45, 2.75) is 4.90 Å². The van der Waals surface area contributed by atoms with Crippen LogP contribution in [0.1, 0.15) is 10.4 Å². The number of amides is 1. The Morgan fingerprint density at radius 3 is 2.52 bits per heavy atom. The molecule has 3 rings (SSSR count). The average Bonchev–Trinajstić information content (AvgIpc) is 2.70. The van der Waals surface area contributed by atoms with E-state index in [1.165, 1.54) is 60.8 Å². The Bertz CT molecular complexity index is 1180. The summed E-state index contributed by atoms with van der Waals surface area (Å²) >= 11 is 5.73. The summed E-state index contributed by atoms with van der Waals surface area (Å²) in [6, 6.07) is 13.7. The summed E-state index contributed by atoms with van der Waals surface area (Å²) in [4.78, 5) is 26.6. The van der Waals surface area contributed by atoms with Crippen LogP contribution in [0.3, 0.4) is 0 Å². The van der Waals surface area contributed by atoms with Gasteiger partial charge >= 0.3 is 0 Å². The highest BCUT2D eigenvalue weighted by Gasteiger charge is 2.19. The summed E-state index contributed by atoms with van der Waals surface area (Å²) in [5.74, 6) is -0.634. The van der Waals surface area contributed by atoms with E-state index in [9.17, 15) is 23.3 Å². The van der Waals surface area contributed by atoms with Crippen molar-refractivity contribution >= 4 is 44.7 Å². The van der Waals surface area contributed by atoms with Crippen LogP contribution in [0.25, 0.3) is 0 Å². The van der Waals surface area contributed by atoms with Gasteiger partial charge in [0.25, 0.3) is 21.6 Å². The number of hydrogen-bond acceptors (Lipinski definition) is 6. The Morgan fingerprint density at radius 1 is 1.07 bits per heavy atom. The van der Waals surface area contributed by atoms with Crippen LogP contribution in [0.4, 0.5) is 17.2 Å². The number of carbonyl (C=O) groups is 1. The lowest BCUT2D eigenvalue weighted by atomic mass is 10.2. The first-order chi connectivity index (χ1) is 13.8. The molecule has 0 spiro atoms. The minimum Gasteiger partial charge on any atom is -0.316 e. The Hall–Kier alpha value is -3.50. The minimum atomic E-state index is -4.02. The number of hydrogen-bond donors (Lipinski definition) is 2. The molecule has 1 heterocycles. The predicted octanol–water partition coefficient (Wildman–Crippen LogP) is 3.70. The maximum Gasteiger partial charge on any atom is 0.292 e. The van der Waals surface area contributed by atoms with Crippen LogP contribution >= 0.6 is 11.6 Å². The molecular formula is C18H13ClN4O5S. The summed E-state index contributed by atoms with van der Waals surface area (Å²) < 4.78 is 27.4. The van der Waals surface area contributed by atoms with Gasteiger partial charge in [0.1, 0.15) is 11.5 Å². The number of anilines is 2. The van der Waals surface area contributed by atoms with Gasteiger partial charge in [0.05, 0.1) is 14.8 Å². The molecule has 11 heteroatoms. The van der Waals surface area contributed by atoms with Crippen molar-refractivity contribution in [1.29, 1.82) is 0 Å². The molecule has 29 heavy (non-hydrogen) atoms. The fourth-order valence-corrected chi connectivity index (χ4v) is 3.54. The number of pyridine rings is 1. The van der Waals surface area contributed by atoms with E-state index in [0.29, 0.717) is 5.02 Å². The molecule has 2 N–H and O–H groups in total. The third-order valence-corrected chi connectivity index (χ3v) is 5.30. The summed E-state index contributed by atoms with van der Waals surface area (Å²) in [5.41, 5.74) is -0.269. The number of halogens is 1. The van der Waals surface area contributed by atoms with Gasteiger partial charge in [-0.3, -0.25) is 19.6 Å². The van der Waals surface area contributed by atoms with E-state index in [1.807, 2.05) is 0 Å². The normalized spacial score (nSPS) is 10.9. The number of rotatable bonds is 6. The summed E-state index contributed by atoms with van der Waals surface area (Å²) in [7, 11) is -4.02. The minimum absolute atomic E-state index is 0.000695. The SMILES string of the molecule is O=C(Nc1ccccc1[N+](=O)[O-])c1cccc(S(=O)(=O)Nc2ccc(Cl)cn2)c1. The summed E-state index contributed by atoms with van der Waals surface area (Å²) in [6.45, 7) is 0. The molecule has 1 aromatic heterocycles. The number of nitro groups is 1. The number of carbonyl (C=O) groups excluding carboxylic acids is 1. The fraction of sp³-hybridized carbons (Fsp3) is 0. The van der Waals surface area contributed by atoms with Crippen LogP contribution in [-0.4, -0.2) is 24.2 Å². The number of para-hydroxylation sites is 2. The van der Waals surface area contributed by atoms with Gasteiger partial charge in [-0.1, -0.05) is 29.8 Å². The van der Waals surface area contributed by atoms with Crippen molar-refractivity contribution in [3.05, 3.63) is 87.6 Å². The molecule has 0 bridgehead atoms. The number of benzene rings is 2. The highest BCUT2D eigenvalue weighted by Crippen LogP contribution is 2.24. The van der Waals surface area contributed by atoms with E-state index < -0.39 is 20.9 Å². The Kier molecular flexibility index (Phi) is 5.76. The van der Waals surface area contributed by atoms with Gasteiger partial charge in [0.15, 0.2) is 0 Å². The second-order valence-corrected chi connectivity index (χ2v) is 7.84. The van der Waals surface area contributed by atoms with Crippen molar-refractivity contribution in [2.24, 2.45) is 0 Å². The zero-order chi connectivity index (χ0) is 21.0. The molecule has 0 atom stereocenters. The van der Waals surface area contributed by atoms with Crippen LogP contribution in [-0.2, 0) is 10.0 Å². The van der Waals surface area contributed by atoms with Gasteiger partial charge in [0, 0.05) is 17.8 Å². The van der Waals surface area contributed by atoms with Crippen LogP contribution in [0, 0.1) is 10.1 Å². The third kappa shape index (κ3) is 4.86. The first-order valence-electron chi connectivity index (χ1n) is 8.05. The lowest BCUT2D eigenvalue weighted by Gasteiger charge is -2.09. The number of nitrogens with one attached hydrogen (secondary N) is 2. The molecule has 0 unspecified atom stereocenters. The van der Waals surface area contributed by atoms with Crippen LogP contribution < -0.4 is 10.0 Å². The monoisotopic (exact) mass is 432 g/mol. The predicted molar refractivity (Wildman–Crippen MR) is 108 cm³/mol. The molecule has 0 radical (unpaired) electrons. The van der Waals surface area contributed by atoms with Gasteiger partial charge < -0.3 is 5.32 Å². The van der Waals surface area contributed by atoms with Crippen LogP contribution in [0.2, 0.25) is 5.02 Å². The largest absolute Gasteiger partial charge is 0.316 e. The van der Waals surface area contributed by atoms with Gasteiger partial charge in [-0.25, -0.2) is 13.4 Å². The summed E-state index contributed by atoms with van der Waals surface area (Å²) in [6.07, 6.45) is 1.29. The van der Waals surface area contributed by atoms with Crippen molar-refractivity contribution < 1.29 is 18.1 Å². The quantitative estimate of drug-likeness (QED) is 0.451. The topological polar surface area (TPSA) is 131 Å². The molecule has 0 aliphatic rings. The molecule has 0 saturated heterocycles. The molecule has 0 saturated carbocycles. The van der Waals surface area contributed by atoms with Crippen LogP contribution in [0.5, 0.6) is 0 Å². The lowest BCUT2D eigenvalue weighted by Crippen LogP contribution is -2.16. The highest BCUT2D eigenvalue weighted by molar-refractivity contribution is 7.92. The first-order valence-corrected chi connectivity index (χ1v) is 9.91. The first kappa shape index (κ1) is 20.2. The Labute approximate surface area is 170 Å². The smallest absolute Gasteiger partial charge is 0.292 e. The Balaban J connectivity index is 1.84. The van der Waals surface area contributed by atoms with Crippen LogP contribution in [0.15, 0.2) is 71.8 Å². The van der Waals surface area contributed by atoms with Crippen molar-refractivity contribution in [3.8, 4) is 0 Å². The van der Waals surface area contributed by atoms with Crippen molar-refractivity contribution in [1.82, 2.24) is 4.98 Å². The van der Waals surface area contributed by atoms with E-state index in [4.69, 9.17) is 11.6 Å². The maximum atomic E-state index is 12.6. The molecule has 3 aromatic rings. The molecular weight excluding hydrogens is 420 g/mol. The van der Waals surface area contributed by atoms with E-state index in [2.05, 4.69) is 15.0 Å². The molecule has 2 aromatic carbocycles. The average molecular weight is 433 g/mol. The number of sulfonamides is 1. The molecule has 0 aliphatic carbocycles. The van der Waals surface area contributed by atoms with E-state index in [1.54, 1.807) is 0 Å². The summed E-state index contributed by atoms with van der Waals surface area (Å²) in [5, 5.41) is 13.8. The zero-order valence-corrected chi connectivity index (χ0v) is 16.1. The molecule has 1 amide bonds. The van der Waals surface area contributed by atoms with Crippen molar-refractivity contribution in [2.75, 3.05) is 10.0 Å². The number of nitrogens with zero attached hydrogens (tertiary/aromatic N) is 2. The van der Waals surface area contributed by atoms with Gasteiger partial charge in [-0.15, -0.1) is 0 Å². The molecule has 148 valence electrons. The molecule has 9 nitrogen and oxygen atoms in total.